The van der Waals surface area contributed by atoms with Gasteiger partial charge >= 0.3 is 0 Å². The molecular formula is C22H16ClN5OS2. The SMILES string of the molecule is Cc1ccccc1-n1c(SCC(=O)Nc2sccc2C#N)nnc1-c1ccc(Cl)cc1. The molecule has 6 nitrogen and oxygen atoms in total. The lowest BCUT2D eigenvalue weighted by molar-refractivity contribution is -0.113. The van der Waals surface area contributed by atoms with Crippen LogP contribution >= 0.6 is 34.7 Å². The standard InChI is InChI=1S/C22H16ClN5OS2/c1-14-4-2-3-5-18(14)28-20(15-6-8-17(23)9-7-15)26-27-22(28)31-13-19(29)25-21-16(12-24)10-11-30-21/h2-11H,13H2,1H3,(H,25,29). The highest BCUT2D eigenvalue weighted by atomic mass is 35.5. The summed E-state index contributed by atoms with van der Waals surface area (Å²) in [7, 11) is 0. The third-order valence-corrected chi connectivity index (χ3v) is 6.47. The fourth-order valence-electron chi connectivity index (χ4n) is 2.97. The van der Waals surface area contributed by atoms with E-state index < -0.39 is 0 Å². The molecule has 1 amide bonds. The molecule has 2 aromatic heterocycles. The van der Waals surface area contributed by atoms with E-state index in [-0.39, 0.29) is 11.7 Å². The summed E-state index contributed by atoms with van der Waals surface area (Å²) in [6.07, 6.45) is 0. The summed E-state index contributed by atoms with van der Waals surface area (Å²) in [5.74, 6) is 0.586. The third kappa shape index (κ3) is 4.64. The first-order valence-corrected chi connectivity index (χ1v) is 11.5. The Balaban J connectivity index is 1.63. The Kier molecular flexibility index (Phi) is 6.37. The van der Waals surface area contributed by atoms with Crippen molar-refractivity contribution in [3.05, 3.63) is 76.1 Å². The number of halogens is 1. The summed E-state index contributed by atoms with van der Waals surface area (Å²) < 4.78 is 1.95. The van der Waals surface area contributed by atoms with E-state index in [2.05, 4.69) is 21.6 Å². The lowest BCUT2D eigenvalue weighted by Crippen LogP contribution is -2.14. The van der Waals surface area contributed by atoms with Gasteiger partial charge in [0, 0.05) is 10.6 Å². The van der Waals surface area contributed by atoms with Gasteiger partial charge in [0.25, 0.3) is 0 Å². The van der Waals surface area contributed by atoms with Crippen molar-refractivity contribution in [3.63, 3.8) is 0 Å². The van der Waals surface area contributed by atoms with Crippen LogP contribution in [0.1, 0.15) is 11.1 Å². The van der Waals surface area contributed by atoms with Crippen molar-refractivity contribution in [2.45, 2.75) is 12.1 Å². The Bertz CT molecular complexity index is 1270. The molecule has 0 bridgehead atoms. The van der Waals surface area contributed by atoms with Crippen LogP contribution in [-0.2, 0) is 4.79 Å². The van der Waals surface area contributed by atoms with Crippen LogP contribution in [0.2, 0.25) is 5.02 Å². The number of para-hydroxylation sites is 1. The van der Waals surface area contributed by atoms with Crippen molar-refractivity contribution in [1.82, 2.24) is 14.8 Å². The number of nitriles is 1. The molecule has 0 fully saturated rings. The van der Waals surface area contributed by atoms with Gasteiger partial charge in [-0.1, -0.05) is 41.6 Å². The number of anilines is 1. The number of aromatic nitrogens is 3. The lowest BCUT2D eigenvalue weighted by atomic mass is 10.1. The van der Waals surface area contributed by atoms with Gasteiger partial charge in [0.1, 0.15) is 11.1 Å². The molecule has 4 rings (SSSR count). The summed E-state index contributed by atoms with van der Waals surface area (Å²) in [6, 6.07) is 19.1. The maximum atomic E-state index is 12.5. The molecule has 0 spiro atoms. The van der Waals surface area contributed by atoms with Crippen molar-refractivity contribution in [3.8, 4) is 23.1 Å². The van der Waals surface area contributed by atoms with Gasteiger partial charge in [-0.2, -0.15) is 5.26 Å². The first kappa shape index (κ1) is 21.1. The fourth-order valence-corrected chi connectivity index (χ4v) is 4.59. The summed E-state index contributed by atoms with van der Waals surface area (Å²) in [4.78, 5) is 12.5. The van der Waals surface area contributed by atoms with E-state index in [4.69, 9.17) is 16.9 Å². The van der Waals surface area contributed by atoms with E-state index in [0.717, 1.165) is 16.8 Å². The van der Waals surface area contributed by atoms with Crippen molar-refractivity contribution in [2.75, 3.05) is 11.1 Å². The number of aryl methyl sites for hydroxylation is 1. The van der Waals surface area contributed by atoms with Crippen LogP contribution in [0.3, 0.4) is 0 Å². The Morgan fingerprint density at radius 2 is 1.97 bits per heavy atom. The summed E-state index contributed by atoms with van der Waals surface area (Å²) >= 11 is 8.65. The zero-order valence-electron chi connectivity index (χ0n) is 16.4. The molecule has 0 saturated carbocycles. The number of thioether (sulfide) groups is 1. The molecule has 0 aliphatic heterocycles. The molecule has 0 radical (unpaired) electrons. The third-order valence-electron chi connectivity index (χ3n) is 4.46. The normalized spacial score (nSPS) is 10.6. The quantitative estimate of drug-likeness (QED) is 0.377. The highest BCUT2D eigenvalue weighted by Gasteiger charge is 2.19. The number of amides is 1. The minimum atomic E-state index is -0.212. The fraction of sp³-hybridized carbons (Fsp3) is 0.0909. The topological polar surface area (TPSA) is 83.6 Å². The molecule has 4 aromatic rings. The van der Waals surface area contributed by atoms with Gasteiger partial charge in [-0.3, -0.25) is 9.36 Å². The van der Waals surface area contributed by atoms with Crippen LogP contribution < -0.4 is 5.32 Å². The monoisotopic (exact) mass is 465 g/mol. The molecular weight excluding hydrogens is 450 g/mol. The van der Waals surface area contributed by atoms with Crippen LogP contribution in [-0.4, -0.2) is 26.4 Å². The van der Waals surface area contributed by atoms with Crippen LogP contribution in [0.4, 0.5) is 5.00 Å². The lowest BCUT2D eigenvalue weighted by Gasteiger charge is -2.13. The number of rotatable bonds is 6. The molecule has 0 aliphatic rings. The summed E-state index contributed by atoms with van der Waals surface area (Å²) in [5.41, 5.74) is 3.32. The van der Waals surface area contributed by atoms with Crippen molar-refractivity contribution in [2.24, 2.45) is 0 Å². The number of nitrogens with zero attached hydrogens (tertiary/aromatic N) is 4. The van der Waals surface area contributed by atoms with Gasteiger partial charge in [-0.25, -0.2) is 0 Å². The van der Waals surface area contributed by atoms with E-state index in [9.17, 15) is 4.79 Å². The highest BCUT2D eigenvalue weighted by Crippen LogP contribution is 2.30. The Hall–Kier alpha value is -3.12. The number of nitrogens with one attached hydrogen (secondary N) is 1. The van der Waals surface area contributed by atoms with Crippen LogP contribution in [0.5, 0.6) is 0 Å². The Labute approximate surface area is 192 Å². The number of hydrogen-bond donors (Lipinski definition) is 1. The van der Waals surface area contributed by atoms with Crippen LogP contribution in [0.15, 0.2) is 65.1 Å². The maximum Gasteiger partial charge on any atom is 0.235 e. The van der Waals surface area contributed by atoms with Crippen LogP contribution in [0.25, 0.3) is 17.1 Å². The van der Waals surface area contributed by atoms with Gasteiger partial charge in [-0.05, 0) is 54.3 Å². The van der Waals surface area contributed by atoms with E-state index in [1.807, 2.05) is 60.0 Å². The van der Waals surface area contributed by atoms with Crippen molar-refractivity contribution < 1.29 is 4.79 Å². The molecule has 154 valence electrons. The second kappa shape index (κ2) is 9.35. The number of benzene rings is 2. The Morgan fingerprint density at radius 3 is 2.71 bits per heavy atom. The molecule has 31 heavy (non-hydrogen) atoms. The van der Waals surface area contributed by atoms with E-state index >= 15 is 0 Å². The molecule has 0 saturated heterocycles. The van der Waals surface area contributed by atoms with E-state index in [1.165, 1.54) is 23.1 Å². The summed E-state index contributed by atoms with van der Waals surface area (Å²) in [6.45, 7) is 2.02. The number of hydrogen-bond acceptors (Lipinski definition) is 6. The van der Waals surface area contributed by atoms with Gasteiger partial charge < -0.3 is 5.32 Å². The van der Waals surface area contributed by atoms with E-state index in [0.29, 0.717) is 26.6 Å². The molecule has 0 aliphatic carbocycles. The first-order chi connectivity index (χ1) is 15.1. The average molecular weight is 466 g/mol. The van der Waals surface area contributed by atoms with Gasteiger partial charge in [0.05, 0.1) is 17.0 Å². The number of carbonyl (C=O) groups excluding carboxylic acids is 1. The minimum absolute atomic E-state index is 0.132. The number of carbonyl (C=O) groups is 1. The molecule has 0 atom stereocenters. The average Bonchev–Trinajstić information content (AvgIpc) is 3.40. The summed E-state index contributed by atoms with van der Waals surface area (Å²) in [5, 5.41) is 24.2. The molecule has 2 heterocycles. The molecule has 1 N–H and O–H groups in total. The predicted molar refractivity (Wildman–Crippen MR) is 125 cm³/mol. The molecule has 0 unspecified atom stereocenters. The van der Waals surface area contributed by atoms with Gasteiger partial charge in [0.15, 0.2) is 11.0 Å². The molecule has 9 heteroatoms. The van der Waals surface area contributed by atoms with Crippen molar-refractivity contribution >= 4 is 45.6 Å². The predicted octanol–water partition coefficient (Wildman–Crippen LogP) is 5.56. The highest BCUT2D eigenvalue weighted by molar-refractivity contribution is 7.99. The van der Waals surface area contributed by atoms with Crippen LogP contribution in [0, 0.1) is 18.3 Å². The second-order valence-electron chi connectivity index (χ2n) is 6.55. The zero-order chi connectivity index (χ0) is 21.8. The van der Waals surface area contributed by atoms with Crippen molar-refractivity contribution in [1.29, 1.82) is 5.26 Å². The smallest absolute Gasteiger partial charge is 0.235 e. The van der Waals surface area contributed by atoms with Gasteiger partial charge in [-0.15, -0.1) is 21.5 Å². The van der Waals surface area contributed by atoms with Gasteiger partial charge in [0.2, 0.25) is 5.91 Å². The first-order valence-electron chi connectivity index (χ1n) is 9.24. The van der Waals surface area contributed by atoms with E-state index in [1.54, 1.807) is 11.4 Å². The largest absolute Gasteiger partial charge is 0.316 e. The minimum Gasteiger partial charge on any atom is -0.316 e. The number of thiophene rings is 1. The Morgan fingerprint density at radius 1 is 1.19 bits per heavy atom. The second-order valence-corrected chi connectivity index (χ2v) is 8.84. The zero-order valence-corrected chi connectivity index (χ0v) is 18.8. The maximum absolute atomic E-state index is 12.5. The molecule has 2 aromatic carbocycles.